The van der Waals surface area contributed by atoms with Crippen molar-refractivity contribution in [2.45, 2.75) is 20.3 Å². The van der Waals surface area contributed by atoms with Crippen LogP contribution in [0.5, 0.6) is 0 Å². The third-order valence-electron chi connectivity index (χ3n) is 1.73. The summed E-state index contributed by atoms with van der Waals surface area (Å²) in [5.74, 6) is 0. The van der Waals surface area contributed by atoms with Crippen LogP contribution in [0.25, 0.3) is 0 Å². The summed E-state index contributed by atoms with van der Waals surface area (Å²) in [7, 11) is 0. The summed E-state index contributed by atoms with van der Waals surface area (Å²) in [6.07, 6.45) is 5.16. The van der Waals surface area contributed by atoms with Gasteiger partial charge in [0.15, 0.2) is 0 Å². The molecule has 0 aromatic heterocycles. The second-order valence-corrected chi connectivity index (χ2v) is 2.70. The highest BCUT2D eigenvalue weighted by atomic mass is 14.3. The SMILES string of the molecule is C/C=C(C#N)/C=C(C#N)/C=C(\C#N)CC. The van der Waals surface area contributed by atoms with E-state index in [1.807, 2.05) is 25.1 Å². The Bertz CT molecular complexity index is 431. The van der Waals surface area contributed by atoms with Crippen molar-refractivity contribution in [3.63, 3.8) is 0 Å². The van der Waals surface area contributed by atoms with Crippen LogP contribution in [0.15, 0.2) is 34.9 Å². The lowest BCUT2D eigenvalue weighted by Gasteiger charge is -1.92. The Morgan fingerprint density at radius 1 is 1.00 bits per heavy atom. The maximum Gasteiger partial charge on any atom is 0.0992 e. The molecule has 0 aromatic carbocycles. The van der Waals surface area contributed by atoms with Gasteiger partial charge in [-0.05, 0) is 25.5 Å². The fourth-order valence-corrected chi connectivity index (χ4v) is 0.855. The summed E-state index contributed by atoms with van der Waals surface area (Å²) in [6.45, 7) is 3.56. The fourth-order valence-electron chi connectivity index (χ4n) is 0.855. The summed E-state index contributed by atoms with van der Waals surface area (Å²) in [6, 6.07) is 5.88. The van der Waals surface area contributed by atoms with Crippen LogP contribution >= 0.6 is 0 Å². The van der Waals surface area contributed by atoms with E-state index in [0.29, 0.717) is 23.1 Å². The van der Waals surface area contributed by atoms with Crippen molar-refractivity contribution < 1.29 is 0 Å². The molecule has 0 unspecified atom stereocenters. The molecule has 0 heterocycles. The van der Waals surface area contributed by atoms with Crippen LogP contribution in [0.3, 0.4) is 0 Å². The molecule has 0 atom stereocenters. The third kappa shape index (κ3) is 4.46. The van der Waals surface area contributed by atoms with Gasteiger partial charge < -0.3 is 0 Å². The first-order valence-corrected chi connectivity index (χ1v) is 4.50. The molecule has 0 N–H and O–H groups in total. The molecule has 0 fully saturated rings. The van der Waals surface area contributed by atoms with E-state index in [4.69, 9.17) is 15.8 Å². The molecule has 15 heavy (non-hydrogen) atoms. The number of rotatable bonds is 3. The molecule has 3 nitrogen and oxygen atoms in total. The monoisotopic (exact) mass is 197 g/mol. The average molecular weight is 197 g/mol. The van der Waals surface area contributed by atoms with Crippen molar-refractivity contribution in [1.29, 1.82) is 15.8 Å². The molecule has 0 spiro atoms. The maximum atomic E-state index is 8.80. The predicted molar refractivity (Wildman–Crippen MR) is 57.1 cm³/mol. The Kier molecular flexibility index (Phi) is 6.03. The summed E-state index contributed by atoms with van der Waals surface area (Å²) in [5, 5.41) is 26.1. The first-order valence-electron chi connectivity index (χ1n) is 4.50. The van der Waals surface area contributed by atoms with Gasteiger partial charge in [-0.15, -0.1) is 0 Å². The van der Waals surface area contributed by atoms with E-state index in [9.17, 15) is 0 Å². The van der Waals surface area contributed by atoms with Crippen LogP contribution < -0.4 is 0 Å². The normalized spacial score (nSPS) is 12.6. The zero-order valence-corrected chi connectivity index (χ0v) is 8.78. The molecule has 74 valence electrons. The Morgan fingerprint density at radius 2 is 1.60 bits per heavy atom. The molecule has 0 rings (SSSR count). The highest BCUT2D eigenvalue weighted by Crippen LogP contribution is 2.08. The van der Waals surface area contributed by atoms with Crippen molar-refractivity contribution in [3.05, 3.63) is 34.9 Å². The number of hydrogen-bond donors (Lipinski definition) is 0. The quantitative estimate of drug-likeness (QED) is 0.515. The molecule has 0 aromatic rings. The molecule has 0 bridgehead atoms. The van der Waals surface area contributed by atoms with E-state index in [0.717, 1.165) is 0 Å². The Morgan fingerprint density at radius 3 is 1.93 bits per heavy atom. The number of nitriles is 3. The van der Waals surface area contributed by atoms with E-state index in [1.54, 1.807) is 13.0 Å². The Labute approximate surface area is 89.9 Å². The molecule has 3 heteroatoms. The lowest BCUT2D eigenvalue weighted by atomic mass is 10.1. The van der Waals surface area contributed by atoms with Gasteiger partial charge in [0.1, 0.15) is 0 Å². The molecule has 0 amide bonds. The minimum atomic E-state index is 0.322. The van der Waals surface area contributed by atoms with Crippen LogP contribution in [0.2, 0.25) is 0 Å². The lowest BCUT2D eigenvalue weighted by molar-refractivity contribution is 1.15. The number of hydrogen-bond acceptors (Lipinski definition) is 3. The molecule has 0 aliphatic heterocycles. The van der Waals surface area contributed by atoms with Gasteiger partial charge >= 0.3 is 0 Å². The van der Waals surface area contributed by atoms with Crippen molar-refractivity contribution in [2.75, 3.05) is 0 Å². The fraction of sp³-hybridized carbons (Fsp3) is 0.250. The Hall–Kier alpha value is -2.31. The van der Waals surface area contributed by atoms with Crippen molar-refractivity contribution in [1.82, 2.24) is 0 Å². The number of nitrogens with zero attached hydrogens (tertiary/aromatic N) is 3. The lowest BCUT2D eigenvalue weighted by Crippen LogP contribution is -1.81. The summed E-state index contributed by atoms with van der Waals surface area (Å²) in [5.41, 5.74) is 1.26. The minimum absolute atomic E-state index is 0.322. The smallest absolute Gasteiger partial charge is 0.0992 e. The first kappa shape index (κ1) is 12.7. The molecular formula is C12H11N3. The molecular weight excluding hydrogens is 186 g/mol. The summed E-state index contributed by atoms with van der Waals surface area (Å²) < 4.78 is 0. The summed E-state index contributed by atoms with van der Waals surface area (Å²) >= 11 is 0. The third-order valence-corrected chi connectivity index (χ3v) is 1.73. The number of allylic oxidation sites excluding steroid dienone is 6. The second-order valence-electron chi connectivity index (χ2n) is 2.70. The van der Waals surface area contributed by atoms with E-state index in [2.05, 4.69) is 0 Å². The van der Waals surface area contributed by atoms with Gasteiger partial charge in [-0.1, -0.05) is 13.0 Å². The van der Waals surface area contributed by atoms with Crippen molar-refractivity contribution >= 4 is 0 Å². The van der Waals surface area contributed by atoms with Gasteiger partial charge in [0, 0.05) is 11.1 Å². The topological polar surface area (TPSA) is 71.4 Å². The van der Waals surface area contributed by atoms with Gasteiger partial charge in [0.05, 0.1) is 23.8 Å². The van der Waals surface area contributed by atoms with Crippen LogP contribution in [-0.4, -0.2) is 0 Å². The zero-order valence-electron chi connectivity index (χ0n) is 8.78. The highest BCUT2D eigenvalue weighted by Gasteiger charge is 1.97. The molecule has 0 aliphatic carbocycles. The maximum absolute atomic E-state index is 8.80. The van der Waals surface area contributed by atoms with Crippen LogP contribution in [-0.2, 0) is 0 Å². The second kappa shape index (κ2) is 7.13. The van der Waals surface area contributed by atoms with E-state index in [-0.39, 0.29) is 0 Å². The molecule has 0 saturated heterocycles. The molecule has 0 radical (unpaired) electrons. The van der Waals surface area contributed by atoms with Crippen molar-refractivity contribution in [3.8, 4) is 18.2 Å². The van der Waals surface area contributed by atoms with E-state index in [1.165, 1.54) is 12.2 Å². The average Bonchev–Trinajstić information content (AvgIpc) is 2.30. The highest BCUT2D eigenvalue weighted by molar-refractivity contribution is 5.47. The predicted octanol–water partition coefficient (Wildman–Crippen LogP) is 2.77. The van der Waals surface area contributed by atoms with Crippen LogP contribution in [0, 0.1) is 34.0 Å². The first-order chi connectivity index (χ1) is 7.21. The van der Waals surface area contributed by atoms with Gasteiger partial charge in [-0.3, -0.25) is 0 Å². The van der Waals surface area contributed by atoms with E-state index < -0.39 is 0 Å². The molecule has 0 aliphatic rings. The van der Waals surface area contributed by atoms with Gasteiger partial charge in [-0.2, -0.15) is 15.8 Å². The van der Waals surface area contributed by atoms with Crippen LogP contribution in [0.4, 0.5) is 0 Å². The minimum Gasteiger partial charge on any atom is -0.193 e. The zero-order chi connectivity index (χ0) is 11.7. The van der Waals surface area contributed by atoms with Gasteiger partial charge in [0.25, 0.3) is 0 Å². The van der Waals surface area contributed by atoms with E-state index >= 15 is 0 Å². The standard InChI is InChI=1S/C12H11N3/c1-3-10(7-13)5-12(9-15)6-11(4-2)8-14/h3,5-6H,4H2,1-2H3/b10-3-,11-6-,12-5-. The molecule has 0 saturated carbocycles. The largest absolute Gasteiger partial charge is 0.193 e. The summed E-state index contributed by atoms with van der Waals surface area (Å²) in [4.78, 5) is 0. The van der Waals surface area contributed by atoms with Crippen molar-refractivity contribution in [2.24, 2.45) is 0 Å². The van der Waals surface area contributed by atoms with Crippen LogP contribution in [0.1, 0.15) is 20.3 Å². The Balaban J connectivity index is 5.16. The van der Waals surface area contributed by atoms with Gasteiger partial charge in [-0.25, -0.2) is 0 Å². The van der Waals surface area contributed by atoms with Gasteiger partial charge in [0.2, 0.25) is 0 Å².